The summed E-state index contributed by atoms with van der Waals surface area (Å²) in [7, 11) is 0. The molecule has 0 aliphatic carbocycles. The van der Waals surface area contributed by atoms with E-state index in [1.54, 1.807) is 18.3 Å². The van der Waals surface area contributed by atoms with E-state index in [9.17, 15) is 4.39 Å². The van der Waals surface area contributed by atoms with Crippen LogP contribution in [0.4, 0.5) is 16.0 Å². The summed E-state index contributed by atoms with van der Waals surface area (Å²) in [5.74, 6) is 0.258. The number of halogens is 1. The number of nitrogens with zero attached hydrogens (tertiary/aromatic N) is 4. The fraction of sp³-hybridized carbons (Fsp3) is 0.353. The molecular formula is C17H18FN5. The summed E-state index contributed by atoms with van der Waals surface area (Å²) < 4.78 is 14.2. The van der Waals surface area contributed by atoms with Gasteiger partial charge >= 0.3 is 0 Å². The van der Waals surface area contributed by atoms with Gasteiger partial charge in [0.2, 0.25) is 5.95 Å². The van der Waals surface area contributed by atoms with Crippen molar-refractivity contribution in [3.63, 3.8) is 0 Å². The van der Waals surface area contributed by atoms with Gasteiger partial charge in [-0.15, -0.1) is 0 Å². The van der Waals surface area contributed by atoms with Crippen LogP contribution in [0.25, 0.3) is 0 Å². The summed E-state index contributed by atoms with van der Waals surface area (Å²) in [6, 6.07) is 8.60. The number of hydrogen-bond acceptors (Lipinski definition) is 5. The normalized spacial score (nSPS) is 17.6. The zero-order valence-corrected chi connectivity index (χ0v) is 13.0. The molecule has 118 valence electrons. The molecule has 2 heterocycles. The van der Waals surface area contributed by atoms with Crippen LogP contribution >= 0.6 is 0 Å². The number of anilines is 2. The number of nitrogens with one attached hydrogen (secondary N) is 1. The average Bonchev–Trinajstić information content (AvgIpc) is 2.55. The molecule has 0 spiro atoms. The molecule has 1 aromatic carbocycles. The Balaban J connectivity index is 1.72. The van der Waals surface area contributed by atoms with Gasteiger partial charge in [0.25, 0.3) is 0 Å². The SMILES string of the molecule is Cc1ccnc(NC2CCCN(c3ccc(C#N)cc3F)C2)n1. The van der Waals surface area contributed by atoms with Crippen LogP contribution in [-0.2, 0) is 0 Å². The van der Waals surface area contributed by atoms with E-state index in [4.69, 9.17) is 5.26 Å². The molecule has 1 atom stereocenters. The molecule has 23 heavy (non-hydrogen) atoms. The predicted molar refractivity (Wildman–Crippen MR) is 86.7 cm³/mol. The second kappa shape index (κ2) is 6.61. The monoisotopic (exact) mass is 311 g/mol. The second-order valence-corrected chi connectivity index (χ2v) is 5.73. The highest BCUT2D eigenvalue weighted by Gasteiger charge is 2.22. The van der Waals surface area contributed by atoms with Crippen molar-refractivity contribution in [1.82, 2.24) is 9.97 Å². The molecule has 0 radical (unpaired) electrons. The predicted octanol–water partition coefficient (Wildman–Crippen LogP) is 2.88. The molecule has 2 aromatic rings. The minimum Gasteiger partial charge on any atom is -0.367 e. The molecule has 5 nitrogen and oxygen atoms in total. The standard InChI is InChI=1S/C17H18FN5/c1-12-6-7-20-17(21-12)22-14-3-2-8-23(11-14)16-5-4-13(10-19)9-15(16)18/h4-7,9,14H,2-3,8,11H2,1H3,(H,20,21,22). The Labute approximate surface area is 134 Å². The van der Waals surface area contributed by atoms with E-state index in [0.717, 1.165) is 25.1 Å². The molecule has 6 heteroatoms. The van der Waals surface area contributed by atoms with Crippen LogP contribution in [0, 0.1) is 24.1 Å². The maximum absolute atomic E-state index is 14.2. The Hall–Kier alpha value is -2.68. The van der Waals surface area contributed by atoms with E-state index in [2.05, 4.69) is 15.3 Å². The Morgan fingerprint density at radius 2 is 2.26 bits per heavy atom. The van der Waals surface area contributed by atoms with Crippen molar-refractivity contribution in [2.24, 2.45) is 0 Å². The fourth-order valence-corrected chi connectivity index (χ4v) is 2.85. The third-order valence-electron chi connectivity index (χ3n) is 3.97. The molecule has 3 rings (SSSR count). The number of piperidine rings is 1. The van der Waals surface area contributed by atoms with Gasteiger partial charge in [-0.05, 0) is 44.0 Å². The number of nitriles is 1. The van der Waals surface area contributed by atoms with Gasteiger partial charge in [-0.2, -0.15) is 5.26 Å². The summed E-state index contributed by atoms with van der Waals surface area (Å²) in [5.41, 5.74) is 1.79. The van der Waals surface area contributed by atoms with Gasteiger partial charge in [0.15, 0.2) is 0 Å². The van der Waals surface area contributed by atoms with Crippen LogP contribution in [0.5, 0.6) is 0 Å². The van der Waals surface area contributed by atoms with Gasteiger partial charge in [0.05, 0.1) is 17.3 Å². The van der Waals surface area contributed by atoms with E-state index in [1.807, 2.05) is 24.0 Å². The summed E-state index contributed by atoms with van der Waals surface area (Å²) in [4.78, 5) is 10.6. The van der Waals surface area contributed by atoms with Crippen LogP contribution < -0.4 is 10.2 Å². The maximum atomic E-state index is 14.2. The van der Waals surface area contributed by atoms with Crippen molar-refractivity contribution in [2.45, 2.75) is 25.8 Å². The van der Waals surface area contributed by atoms with E-state index in [1.165, 1.54) is 6.07 Å². The highest BCUT2D eigenvalue weighted by Crippen LogP contribution is 2.25. The summed E-state index contributed by atoms with van der Waals surface area (Å²) in [6.07, 6.45) is 3.68. The van der Waals surface area contributed by atoms with Gasteiger partial charge < -0.3 is 10.2 Å². The zero-order valence-electron chi connectivity index (χ0n) is 13.0. The summed E-state index contributed by atoms with van der Waals surface area (Å²) in [6.45, 7) is 3.40. The van der Waals surface area contributed by atoms with Crippen LogP contribution in [0.2, 0.25) is 0 Å². The van der Waals surface area contributed by atoms with Crippen molar-refractivity contribution in [2.75, 3.05) is 23.3 Å². The first kappa shape index (κ1) is 15.2. The van der Waals surface area contributed by atoms with Crippen LogP contribution in [0.1, 0.15) is 24.1 Å². The van der Waals surface area contributed by atoms with Gasteiger partial charge in [0.1, 0.15) is 5.82 Å². The van der Waals surface area contributed by atoms with Gasteiger partial charge in [-0.3, -0.25) is 0 Å². The average molecular weight is 311 g/mol. The second-order valence-electron chi connectivity index (χ2n) is 5.73. The maximum Gasteiger partial charge on any atom is 0.223 e. The fourth-order valence-electron chi connectivity index (χ4n) is 2.85. The van der Waals surface area contributed by atoms with Crippen LogP contribution in [-0.4, -0.2) is 29.1 Å². The topological polar surface area (TPSA) is 64.8 Å². The molecule has 1 aliphatic heterocycles. The van der Waals surface area contributed by atoms with Crippen LogP contribution in [0.3, 0.4) is 0 Å². The highest BCUT2D eigenvalue weighted by atomic mass is 19.1. The van der Waals surface area contributed by atoms with E-state index >= 15 is 0 Å². The molecule has 1 aromatic heterocycles. The number of rotatable bonds is 3. The van der Waals surface area contributed by atoms with E-state index in [0.29, 0.717) is 23.7 Å². The molecule has 1 unspecified atom stereocenters. The lowest BCUT2D eigenvalue weighted by molar-refractivity contribution is 0.517. The highest BCUT2D eigenvalue weighted by molar-refractivity contribution is 5.52. The molecule has 1 N–H and O–H groups in total. The molecular weight excluding hydrogens is 293 g/mol. The third-order valence-corrected chi connectivity index (χ3v) is 3.97. The smallest absolute Gasteiger partial charge is 0.223 e. The third kappa shape index (κ3) is 3.57. The first-order valence-electron chi connectivity index (χ1n) is 7.66. The lowest BCUT2D eigenvalue weighted by atomic mass is 10.0. The van der Waals surface area contributed by atoms with Crippen LogP contribution in [0.15, 0.2) is 30.5 Å². The van der Waals surface area contributed by atoms with Crippen molar-refractivity contribution >= 4 is 11.6 Å². The number of aryl methyl sites for hydroxylation is 1. The van der Waals surface area contributed by atoms with E-state index < -0.39 is 0 Å². The van der Waals surface area contributed by atoms with Gasteiger partial charge in [-0.1, -0.05) is 0 Å². The number of aromatic nitrogens is 2. The Morgan fingerprint density at radius 3 is 3.00 bits per heavy atom. The minimum absolute atomic E-state index is 0.167. The van der Waals surface area contributed by atoms with E-state index in [-0.39, 0.29) is 11.9 Å². The molecule has 0 bridgehead atoms. The molecule has 0 saturated carbocycles. The lowest BCUT2D eigenvalue weighted by Crippen LogP contribution is -2.42. The summed E-state index contributed by atoms with van der Waals surface area (Å²) in [5, 5.41) is 12.2. The summed E-state index contributed by atoms with van der Waals surface area (Å²) >= 11 is 0. The minimum atomic E-state index is -0.350. The molecule has 1 aliphatic rings. The van der Waals surface area contributed by atoms with Gasteiger partial charge in [0, 0.05) is 31.0 Å². The Morgan fingerprint density at radius 1 is 1.39 bits per heavy atom. The quantitative estimate of drug-likeness (QED) is 0.944. The molecule has 1 fully saturated rings. The Kier molecular flexibility index (Phi) is 4.38. The van der Waals surface area contributed by atoms with Gasteiger partial charge in [-0.25, -0.2) is 14.4 Å². The first-order valence-corrected chi connectivity index (χ1v) is 7.66. The van der Waals surface area contributed by atoms with Crippen molar-refractivity contribution in [3.8, 4) is 6.07 Å². The molecule has 1 saturated heterocycles. The first-order chi connectivity index (χ1) is 11.2. The zero-order chi connectivity index (χ0) is 16.2. The largest absolute Gasteiger partial charge is 0.367 e. The van der Waals surface area contributed by atoms with Crippen molar-refractivity contribution in [1.29, 1.82) is 5.26 Å². The number of benzene rings is 1. The Bertz CT molecular complexity index is 740. The number of hydrogen-bond donors (Lipinski definition) is 1. The molecule has 0 amide bonds. The van der Waals surface area contributed by atoms with Crippen molar-refractivity contribution in [3.05, 3.63) is 47.5 Å². The lowest BCUT2D eigenvalue weighted by Gasteiger charge is -2.35. The van der Waals surface area contributed by atoms with Crippen molar-refractivity contribution < 1.29 is 4.39 Å².